The van der Waals surface area contributed by atoms with Gasteiger partial charge >= 0.3 is 0 Å². The van der Waals surface area contributed by atoms with Gasteiger partial charge in [0.1, 0.15) is 0 Å². The van der Waals surface area contributed by atoms with Crippen LogP contribution in [0.2, 0.25) is 0 Å². The number of allylic oxidation sites excluding steroid dienone is 6. The van der Waals surface area contributed by atoms with E-state index in [0.29, 0.717) is 6.04 Å². The molecule has 2 rings (SSSR count). The van der Waals surface area contributed by atoms with Crippen LogP contribution in [0.1, 0.15) is 19.3 Å². The van der Waals surface area contributed by atoms with Crippen molar-refractivity contribution in [3.63, 3.8) is 0 Å². The molecule has 0 amide bonds. The van der Waals surface area contributed by atoms with Gasteiger partial charge in [-0.15, -0.1) is 0 Å². The molecule has 0 bridgehead atoms. The Morgan fingerprint density at radius 3 is 2.83 bits per heavy atom. The SMILES string of the molecule is NC1CC(C2=CCC=CC=C2)C1. The summed E-state index contributed by atoms with van der Waals surface area (Å²) in [5, 5.41) is 0. The Bertz CT molecular complexity index is 242. The standard InChI is InChI=1S/C11H15N/c12-11-7-10(8-11)9-5-3-1-2-4-6-9/h1-3,5-6,10-11H,4,7-8,12H2. The van der Waals surface area contributed by atoms with Gasteiger partial charge in [-0.25, -0.2) is 0 Å². The third kappa shape index (κ3) is 1.51. The molecule has 2 aliphatic rings. The van der Waals surface area contributed by atoms with Crippen molar-refractivity contribution in [2.45, 2.75) is 25.3 Å². The molecule has 0 aliphatic heterocycles. The molecule has 0 heterocycles. The predicted octanol–water partition coefficient (Wildman–Crippen LogP) is 2.17. The van der Waals surface area contributed by atoms with E-state index >= 15 is 0 Å². The maximum absolute atomic E-state index is 5.75. The summed E-state index contributed by atoms with van der Waals surface area (Å²) < 4.78 is 0. The molecule has 1 heteroatoms. The van der Waals surface area contributed by atoms with Crippen LogP contribution in [-0.2, 0) is 0 Å². The van der Waals surface area contributed by atoms with E-state index in [-0.39, 0.29) is 0 Å². The van der Waals surface area contributed by atoms with Crippen molar-refractivity contribution in [1.82, 2.24) is 0 Å². The van der Waals surface area contributed by atoms with Gasteiger partial charge < -0.3 is 5.73 Å². The van der Waals surface area contributed by atoms with Crippen LogP contribution < -0.4 is 5.73 Å². The van der Waals surface area contributed by atoms with Crippen molar-refractivity contribution < 1.29 is 0 Å². The van der Waals surface area contributed by atoms with Gasteiger partial charge in [0, 0.05) is 6.04 Å². The Morgan fingerprint density at radius 2 is 2.08 bits per heavy atom. The second-order valence-electron chi connectivity index (χ2n) is 3.66. The fourth-order valence-corrected chi connectivity index (χ4v) is 1.83. The average Bonchev–Trinajstić information content (AvgIpc) is 2.26. The topological polar surface area (TPSA) is 26.0 Å². The lowest BCUT2D eigenvalue weighted by molar-refractivity contribution is 0.312. The van der Waals surface area contributed by atoms with E-state index in [1.807, 2.05) is 0 Å². The average molecular weight is 161 g/mol. The second-order valence-corrected chi connectivity index (χ2v) is 3.66. The first-order valence-corrected chi connectivity index (χ1v) is 4.65. The quantitative estimate of drug-likeness (QED) is 0.626. The summed E-state index contributed by atoms with van der Waals surface area (Å²) in [4.78, 5) is 0. The fourth-order valence-electron chi connectivity index (χ4n) is 1.83. The van der Waals surface area contributed by atoms with E-state index in [9.17, 15) is 0 Å². The van der Waals surface area contributed by atoms with Gasteiger partial charge in [-0.2, -0.15) is 0 Å². The van der Waals surface area contributed by atoms with E-state index in [0.717, 1.165) is 12.3 Å². The summed E-state index contributed by atoms with van der Waals surface area (Å²) in [5.74, 6) is 0.746. The summed E-state index contributed by atoms with van der Waals surface area (Å²) in [6.07, 6.45) is 14.4. The summed E-state index contributed by atoms with van der Waals surface area (Å²) >= 11 is 0. The highest BCUT2D eigenvalue weighted by Gasteiger charge is 2.27. The molecule has 0 aromatic heterocycles. The van der Waals surface area contributed by atoms with Crippen LogP contribution in [-0.4, -0.2) is 6.04 Å². The van der Waals surface area contributed by atoms with Gasteiger partial charge in [0.25, 0.3) is 0 Å². The van der Waals surface area contributed by atoms with Crippen molar-refractivity contribution in [2.75, 3.05) is 0 Å². The minimum absolute atomic E-state index is 0.459. The minimum Gasteiger partial charge on any atom is -0.328 e. The molecule has 12 heavy (non-hydrogen) atoms. The fraction of sp³-hybridized carbons (Fsp3) is 0.455. The van der Waals surface area contributed by atoms with Crippen LogP contribution in [0.25, 0.3) is 0 Å². The van der Waals surface area contributed by atoms with Crippen molar-refractivity contribution in [3.05, 3.63) is 36.0 Å². The van der Waals surface area contributed by atoms with E-state index < -0.39 is 0 Å². The van der Waals surface area contributed by atoms with Gasteiger partial charge in [0.15, 0.2) is 0 Å². The van der Waals surface area contributed by atoms with Crippen molar-refractivity contribution in [2.24, 2.45) is 11.7 Å². The first-order chi connectivity index (χ1) is 5.86. The molecule has 0 aromatic carbocycles. The summed E-state index contributed by atoms with van der Waals surface area (Å²) in [6, 6.07) is 0.459. The van der Waals surface area contributed by atoms with Gasteiger partial charge in [0.2, 0.25) is 0 Å². The Labute approximate surface area is 73.6 Å². The number of nitrogens with two attached hydrogens (primary N) is 1. The second kappa shape index (κ2) is 3.28. The van der Waals surface area contributed by atoms with Crippen LogP contribution in [0.5, 0.6) is 0 Å². The number of hydrogen-bond donors (Lipinski definition) is 1. The maximum Gasteiger partial charge on any atom is 0.00504 e. The van der Waals surface area contributed by atoms with Crippen LogP contribution in [0.4, 0.5) is 0 Å². The predicted molar refractivity (Wildman–Crippen MR) is 51.7 cm³/mol. The molecule has 0 unspecified atom stereocenters. The minimum atomic E-state index is 0.459. The highest BCUT2D eigenvalue weighted by atomic mass is 14.7. The van der Waals surface area contributed by atoms with Crippen molar-refractivity contribution >= 4 is 0 Å². The van der Waals surface area contributed by atoms with Crippen molar-refractivity contribution in [1.29, 1.82) is 0 Å². The molecule has 0 saturated heterocycles. The normalized spacial score (nSPS) is 33.9. The van der Waals surface area contributed by atoms with Crippen molar-refractivity contribution in [3.8, 4) is 0 Å². The molecule has 2 N–H and O–H groups in total. The first-order valence-electron chi connectivity index (χ1n) is 4.65. The summed E-state index contributed by atoms with van der Waals surface area (Å²) in [6.45, 7) is 0. The van der Waals surface area contributed by atoms with Crippen LogP contribution >= 0.6 is 0 Å². The van der Waals surface area contributed by atoms with Crippen LogP contribution in [0.3, 0.4) is 0 Å². The van der Waals surface area contributed by atoms with E-state index in [2.05, 4.69) is 30.4 Å². The Hall–Kier alpha value is -0.820. The van der Waals surface area contributed by atoms with Gasteiger partial charge in [-0.1, -0.05) is 30.4 Å². The first kappa shape index (κ1) is 7.81. The van der Waals surface area contributed by atoms with E-state index in [1.165, 1.54) is 18.4 Å². The molecular weight excluding hydrogens is 146 g/mol. The van der Waals surface area contributed by atoms with Gasteiger partial charge in [-0.05, 0) is 30.8 Å². The molecule has 1 saturated carbocycles. The lowest BCUT2D eigenvalue weighted by atomic mass is 9.75. The van der Waals surface area contributed by atoms with Crippen LogP contribution in [0, 0.1) is 5.92 Å². The Balaban J connectivity index is 2.00. The molecular formula is C11H15N. The Morgan fingerprint density at radius 1 is 1.25 bits per heavy atom. The Kier molecular flexibility index (Phi) is 2.13. The summed E-state index contributed by atoms with van der Waals surface area (Å²) in [5.41, 5.74) is 7.24. The van der Waals surface area contributed by atoms with Gasteiger partial charge in [-0.3, -0.25) is 0 Å². The number of rotatable bonds is 1. The zero-order chi connectivity index (χ0) is 8.39. The number of hydrogen-bond acceptors (Lipinski definition) is 1. The molecule has 1 nitrogen and oxygen atoms in total. The molecule has 0 atom stereocenters. The van der Waals surface area contributed by atoms with Gasteiger partial charge in [0.05, 0.1) is 0 Å². The lowest BCUT2D eigenvalue weighted by Crippen LogP contribution is -2.36. The molecule has 0 spiro atoms. The largest absolute Gasteiger partial charge is 0.328 e. The van der Waals surface area contributed by atoms with E-state index in [1.54, 1.807) is 0 Å². The molecule has 64 valence electrons. The van der Waals surface area contributed by atoms with E-state index in [4.69, 9.17) is 5.73 Å². The third-order valence-electron chi connectivity index (χ3n) is 2.67. The smallest absolute Gasteiger partial charge is 0.00504 e. The molecule has 2 aliphatic carbocycles. The zero-order valence-electron chi connectivity index (χ0n) is 7.24. The summed E-state index contributed by atoms with van der Waals surface area (Å²) in [7, 11) is 0. The molecule has 0 radical (unpaired) electrons. The molecule has 0 aromatic rings. The maximum atomic E-state index is 5.75. The highest BCUT2D eigenvalue weighted by molar-refractivity contribution is 5.30. The highest BCUT2D eigenvalue weighted by Crippen LogP contribution is 2.33. The lowest BCUT2D eigenvalue weighted by Gasteiger charge is -2.33. The molecule has 1 fully saturated rings. The van der Waals surface area contributed by atoms with Crippen LogP contribution in [0.15, 0.2) is 36.0 Å². The monoisotopic (exact) mass is 161 g/mol. The zero-order valence-corrected chi connectivity index (χ0v) is 7.24. The third-order valence-corrected chi connectivity index (χ3v) is 2.67.